The maximum atomic E-state index is 12.4. The lowest BCUT2D eigenvalue weighted by Gasteiger charge is -2.24. The van der Waals surface area contributed by atoms with E-state index in [4.69, 9.17) is 11.5 Å². The highest BCUT2D eigenvalue weighted by molar-refractivity contribution is 6.04. The molecule has 0 saturated carbocycles. The molecule has 1 heterocycles. The molecule has 0 spiro atoms. The van der Waals surface area contributed by atoms with Gasteiger partial charge in [0, 0.05) is 25.9 Å². The number of Topliss-reactive ketones (excluding diaryl/α,β-unsaturated/α-hetero) is 2. The average Bonchev–Trinajstić information content (AvgIpc) is 2.72. The van der Waals surface area contributed by atoms with Crippen LogP contribution in [0.2, 0.25) is 0 Å². The van der Waals surface area contributed by atoms with Gasteiger partial charge in [-0.2, -0.15) is 0 Å². The molecular weight excluding hydrogens is 288 g/mol. The van der Waals surface area contributed by atoms with E-state index >= 15 is 0 Å². The van der Waals surface area contributed by atoms with E-state index in [1.54, 1.807) is 0 Å². The Morgan fingerprint density at radius 2 is 1.55 bits per heavy atom. The summed E-state index contributed by atoms with van der Waals surface area (Å²) in [6.07, 6.45) is 0.169. The van der Waals surface area contributed by atoms with Crippen molar-refractivity contribution in [3.8, 4) is 0 Å². The van der Waals surface area contributed by atoms with Gasteiger partial charge in [-0.3, -0.25) is 19.3 Å². The Morgan fingerprint density at radius 1 is 1.05 bits per heavy atom. The van der Waals surface area contributed by atoms with Crippen LogP contribution in [0.3, 0.4) is 0 Å². The van der Waals surface area contributed by atoms with Gasteiger partial charge in [0.05, 0.1) is 13.1 Å². The molecule has 3 amide bonds. The number of ketones is 2. The molecule has 1 fully saturated rings. The van der Waals surface area contributed by atoms with Gasteiger partial charge in [0.25, 0.3) is 5.91 Å². The summed E-state index contributed by atoms with van der Waals surface area (Å²) in [6, 6.07) is -1.07. The van der Waals surface area contributed by atoms with Gasteiger partial charge in [0.15, 0.2) is 0 Å². The fraction of sp³-hybridized carbons (Fsp3) is 0.714. The predicted octanol–water partition coefficient (Wildman–Crippen LogP) is -0.889. The van der Waals surface area contributed by atoms with Crippen LogP contribution in [0.15, 0.2) is 0 Å². The number of imide groups is 1. The lowest BCUT2D eigenvalue weighted by molar-refractivity contribution is -0.130. The minimum absolute atomic E-state index is 0.0260. The zero-order chi connectivity index (χ0) is 16.9. The molecule has 8 heteroatoms. The fourth-order valence-corrected chi connectivity index (χ4v) is 2.43. The number of nitrogens with zero attached hydrogens (tertiary/aromatic N) is 2. The number of carbonyl (C=O) groups excluding carboxylic acids is 4. The maximum Gasteiger partial charge on any atom is 0.327 e. The largest absolute Gasteiger partial charge is 0.327 e. The smallest absolute Gasteiger partial charge is 0.324 e. The Morgan fingerprint density at radius 3 is 2.00 bits per heavy atom. The third kappa shape index (κ3) is 4.11. The zero-order valence-electron chi connectivity index (χ0n) is 13.1. The molecule has 1 rings (SSSR count). The van der Waals surface area contributed by atoms with Crippen molar-refractivity contribution in [1.29, 1.82) is 0 Å². The highest BCUT2D eigenvalue weighted by atomic mass is 16.2. The van der Waals surface area contributed by atoms with Crippen molar-refractivity contribution in [2.45, 2.75) is 32.7 Å². The van der Waals surface area contributed by atoms with Gasteiger partial charge in [0.1, 0.15) is 17.6 Å². The van der Waals surface area contributed by atoms with Crippen LogP contribution in [-0.4, -0.2) is 65.5 Å². The van der Waals surface area contributed by atoms with Crippen molar-refractivity contribution in [3.63, 3.8) is 0 Å². The molecule has 1 atom stereocenters. The molecule has 0 aromatic heterocycles. The van der Waals surface area contributed by atoms with Gasteiger partial charge in [-0.15, -0.1) is 0 Å². The first-order valence-corrected chi connectivity index (χ1v) is 7.39. The van der Waals surface area contributed by atoms with E-state index in [9.17, 15) is 19.2 Å². The molecule has 0 bridgehead atoms. The summed E-state index contributed by atoms with van der Waals surface area (Å²) in [6.45, 7) is 3.66. The SMILES string of the molecule is CC(C)C1C(=O)N(CCC(=O)CN)C(=O)N1CCC(=O)CN. The molecule has 22 heavy (non-hydrogen) atoms. The highest BCUT2D eigenvalue weighted by Gasteiger charge is 2.45. The molecule has 4 N–H and O–H groups in total. The van der Waals surface area contributed by atoms with Gasteiger partial charge in [-0.05, 0) is 5.92 Å². The van der Waals surface area contributed by atoms with E-state index in [0.717, 1.165) is 4.90 Å². The predicted molar refractivity (Wildman–Crippen MR) is 79.8 cm³/mol. The number of urea groups is 1. The van der Waals surface area contributed by atoms with Crippen LogP contribution in [0, 0.1) is 5.92 Å². The first-order valence-electron chi connectivity index (χ1n) is 7.39. The Hall–Kier alpha value is -1.80. The topological polar surface area (TPSA) is 127 Å². The summed E-state index contributed by atoms with van der Waals surface area (Å²) in [4.78, 5) is 49.9. The van der Waals surface area contributed by atoms with Gasteiger partial charge >= 0.3 is 6.03 Å². The summed E-state index contributed by atoms with van der Waals surface area (Å²) >= 11 is 0. The standard InChI is InChI=1S/C14H24N4O4/c1-9(2)12-13(21)18(6-4-11(20)8-16)14(22)17(12)5-3-10(19)7-15/h9,12H,3-8,15-16H2,1-2H3. The molecule has 0 aromatic rings. The molecule has 1 saturated heterocycles. The van der Waals surface area contributed by atoms with E-state index in [2.05, 4.69) is 0 Å². The van der Waals surface area contributed by atoms with Crippen molar-refractivity contribution < 1.29 is 19.2 Å². The van der Waals surface area contributed by atoms with Crippen molar-refractivity contribution >= 4 is 23.5 Å². The molecule has 0 aliphatic carbocycles. The number of amides is 3. The molecule has 1 aliphatic heterocycles. The zero-order valence-corrected chi connectivity index (χ0v) is 13.1. The number of hydrogen-bond donors (Lipinski definition) is 2. The first kappa shape index (κ1) is 18.2. The molecule has 1 unspecified atom stereocenters. The van der Waals surface area contributed by atoms with Crippen LogP contribution in [0.25, 0.3) is 0 Å². The summed E-state index contributed by atoms with van der Waals surface area (Å²) in [5.74, 6) is -0.789. The van der Waals surface area contributed by atoms with Gasteiger partial charge < -0.3 is 16.4 Å². The maximum absolute atomic E-state index is 12.4. The third-order valence-electron chi connectivity index (χ3n) is 3.66. The van der Waals surface area contributed by atoms with Crippen LogP contribution in [0.4, 0.5) is 4.79 Å². The Bertz CT molecular complexity index is 464. The summed E-state index contributed by atoms with van der Waals surface area (Å²) in [5.41, 5.74) is 10.5. The van der Waals surface area contributed by atoms with E-state index < -0.39 is 12.1 Å². The number of carbonyl (C=O) groups is 4. The second-order valence-corrected chi connectivity index (χ2v) is 5.64. The first-order chi connectivity index (χ1) is 10.3. The summed E-state index contributed by atoms with van der Waals surface area (Å²) in [5, 5.41) is 0. The average molecular weight is 312 g/mol. The van der Waals surface area contributed by atoms with Gasteiger partial charge in [-0.1, -0.05) is 13.8 Å². The van der Waals surface area contributed by atoms with E-state index in [1.165, 1.54) is 4.90 Å². The van der Waals surface area contributed by atoms with Crippen LogP contribution < -0.4 is 11.5 Å². The number of nitrogens with two attached hydrogens (primary N) is 2. The van der Waals surface area contributed by atoms with Crippen LogP contribution >= 0.6 is 0 Å². The molecule has 124 valence electrons. The normalized spacial score (nSPS) is 18.5. The monoisotopic (exact) mass is 312 g/mol. The number of rotatable bonds is 9. The lowest BCUT2D eigenvalue weighted by atomic mass is 10.0. The third-order valence-corrected chi connectivity index (χ3v) is 3.66. The summed E-state index contributed by atoms with van der Waals surface area (Å²) < 4.78 is 0. The van der Waals surface area contributed by atoms with Gasteiger partial charge in [0.2, 0.25) is 0 Å². The van der Waals surface area contributed by atoms with Crippen LogP contribution in [-0.2, 0) is 14.4 Å². The lowest BCUT2D eigenvalue weighted by Crippen LogP contribution is -2.40. The van der Waals surface area contributed by atoms with Crippen LogP contribution in [0.1, 0.15) is 26.7 Å². The molecule has 0 aromatic carbocycles. The summed E-state index contributed by atoms with van der Waals surface area (Å²) in [7, 11) is 0. The van der Waals surface area contributed by atoms with Crippen molar-refractivity contribution in [2.75, 3.05) is 26.2 Å². The van der Waals surface area contributed by atoms with Crippen LogP contribution in [0.5, 0.6) is 0 Å². The molecule has 0 radical (unpaired) electrons. The Labute approximate surface area is 129 Å². The number of hydrogen-bond acceptors (Lipinski definition) is 6. The van der Waals surface area contributed by atoms with E-state index in [-0.39, 0.29) is 62.4 Å². The quantitative estimate of drug-likeness (QED) is 0.532. The van der Waals surface area contributed by atoms with Crippen molar-refractivity contribution in [1.82, 2.24) is 9.80 Å². The highest BCUT2D eigenvalue weighted by Crippen LogP contribution is 2.24. The minimum Gasteiger partial charge on any atom is -0.324 e. The minimum atomic E-state index is -0.606. The fourth-order valence-electron chi connectivity index (χ4n) is 2.43. The Kier molecular flexibility index (Phi) is 6.63. The van der Waals surface area contributed by atoms with E-state index in [0.29, 0.717) is 0 Å². The second-order valence-electron chi connectivity index (χ2n) is 5.64. The van der Waals surface area contributed by atoms with Gasteiger partial charge in [-0.25, -0.2) is 4.79 Å². The second kappa shape index (κ2) is 8.00. The molecule has 8 nitrogen and oxygen atoms in total. The van der Waals surface area contributed by atoms with Crippen molar-refractivity contribution in [3.05, 3.63) is 0 Å². The molecule has 1 aliphatic rings. The van der Waals surface area contributed by atoms with E-state index in [1.807, 2.05) is 13.8 Å². The molecular formula is C14H24N4O4. The Balaban J connectivity index is 2.81. The van der Waals surface area contributed by atoms with Crippen molar-refractivity contribution in [2.24, 2.45) is 17.4 Å².